The van der Waals surface area contributed by atoms with Crippen LogP contribution in [0.4, 0.5) is 18.9 Å². The van der Waals surface area contributed by atoms with E-state index in [0.29, 0.717) is 34.5 Å². The zero-order chi connectivity index (χ0) is 23.8. The van der Waals surface area contributed by atoms with Crippen LogP contribution in [0.15, 0.2) is 46.9 Å². The molecule has 1 unspecified atom stereocenters. The maximum atomic E-state index is 12.8. The number of hydrogen-bond donors (Lipinski definition) is 2. The number of nitrogens with zero attached hydrogens (tertiary/aromatic N) is 1. The van der Waals surface area contributed by atoms with E-state index in [-0.39, 0.29) is 28.2 Å². The third kappa shape index (κ3) is 4.90. The number of benzene rings is 2. The van der Waals surface area contributed by atoms with Crippen molar-refractivity contribution >= 4 is 34.2 Å². The predicted molar refractivity (Wildman–Crippen MR) is 120 cm³/mol. The van der Waals surface area contributed by atoms with Crippen molar-refractivity contribution < 1.29 is 27.5 Å². The SMILES string of the molecule is CN(C(=O)c1ccc(NC(c2oc3ccc(Cl)cc3c2O)C2CCCCC2)cc1)C(F)(F)F. The molecule has 1 amide bonds. The fourth-order valence-corrected chi connectivity index (χ4v) is 4.52. The maximum Gasteiger partial charge on any atom is 0.487 e. The number of aromatic hydroxyl groups is 1. The summed E-state index contributed by atoms with van der Waals surface area (Å²) in [5, 5.41) is 15.3. The molecule has 9 heteroatoms. The van der Waals surface area contributed by atoms with E-state index in [0.717, 1.165) is 32.1 Å². The minimum Gasteiger partial charge on any atom is -0.504 e. The third-order valence-corrected chi connectivity index (χ3v) is 6.43. The molecule has 3 aromatic rings. The minimum atomic E-state index is -4.75. The minimum absolute atomic E-state index is 0.0224. The second kappa shape index (κ2) is 9.17. The number of anilines is 1. The molecular formula is C24H24ClF3N2O3. The summed E-state index contributed by atoms with van der Waals surface area (Å²) in [4.78, 5) is 11.8. The molecular weight excluding hydrogens is 457 g/mol. The van der Waals surface area contributed by atoms with E-state index in [1.54, 1.807) is 30.3 Å². The fraction of sp³-hybridized carbons (Fsp3) is 0.375. The van der Waals surface area contributed by atoms with Crippen LogP contribution in [0.1, 0.15) is 54.3 Å². The number of rotatable bonds is 5. The molecule has 176 valence electrons. The zero-order valence-electron chi connectivity index (χ0n) is 18.0. The van der Waals surface area contributed by atoms with Crippen LogP contribution < -0.4 is 5.32 Å². The first-order valence-corrected chi connectivity index (χ1v) is 11.2. The van der Waals surface area contributed by atoms with Crippen molar-refractivity contribution in [3.05, 3.63) is 58.8 Å². The van der Waals surface area contributed by atoms with Gasteiger partial charge in [0.2, 0.25) is 0 Å². The lowest BCUT2D eigenvalue weighted by Crippen LogP contribution is -2.39. The average molecular weight is 481 g/mol. The number of carbonyl (C=O) groups excluding carboxylic acids is 1. The Morgan fingerprint density at radius 2 is 1.82 bits per heavy atom. The first-order chi connectivity index (χ1) is 15.6. The van der Waals surface area contributed by atoms with E-state index in [1.807, 2.05) is 0 Å². The van der Waals surface area contributed by atoms with Crippen molar-refractivity contribution in [1.29, 1.82) is 0 Å². The Hall–Kier alpha value is -2.87. The Bertz CT molecular complexity index is 1140. The topological polar surface area (TPSA) is 65.7 Å². The van der Waals surface area contributed by atoms with Gasteiger partial charge >= 0.3 is 6.30 Å². The summed E-state index contributed by atoms with van der Waals surface area (Å²) in [5.41, 5.74) is 1.05. The summed E-state index contributed by atoms with van der Waals surface area (Å²) >= 11 is 6.08. The average Bonchev–Trinajstić information content (AvgIpc) is 3.12. The molecule has 0 bridgehead atoms. The Balaban J connectivity index is 1.63. The molecule has 0 saturated heterocycles. The van der Waals surface area contributed by atoms with Crippen molar-refractivity contribution in [2.45, 2.75) is 44.4 Å². The van der Waals surface area contributed by atoms with Gasteiger partial charge in [0.1, 0.15) is 5.58 Å². The molecule has 1 aromatic heterocycles. The fourth-order valence-electron chi connectivity index (χ4n) is 4.35. The Labute approximate surface area is 194 Å². The molecule has 1 saturated carbocycles. The second-order valence-corrected chi connectivity index (χ2v) is 8.82. The van der Waals surface area contributed by atoms with Crippen LogP contribution in [0.5, 0.6) is 5.75 Å². The highest BCUT2D eigenvalue weighted by molar-refractivity contribution is 6.31. The van der Waals surface area contributed by atoms with E-state index in [2.05, 4.69) is 5.32 Å². The van der Waals surface area contributed by atoms with Gasteiger partial charge in [0.05, 0.1) is 11.4 Å². The summed E-state index contributed by atoms with van der Waals surface area (Å²) in [7, 11) is 0.699. The standard InChI is InChI=1S/C24H24ClF3N2O3/c1-30(24(26,27)28)23(32)15-7-10-17(11-8-15)29-20(14-5-3-2-4-6-14)22-21(31)18-13-16(25)9-12-19(18)33-22/h7-14,20,29,31H,2-6H2,1H3. The molecule has 1 atom stereocenters. The van der Waals surface area contributed by atoms with Crippen LogP contribution in [0.3, 0.4) is 0 Å². The lowest BCUT2D eigenvalue weighted by Gasteiger charge is -2.30. The number of fused-ring (bicyclic) bond motifs is 1. The lowest BCUT2D eigenvalue weighted by atomic mass is 9.82. The highest BCUT2D eigenvalue weighted by atomic mass is 35.5. The molecule has 2 N–H and O–H groups in total. The van der Waals surface area contributed by atoms with E-state index in [4.69, 9.17) is 16.0 Å². The normalized spacial score (nSPS) is 16.0. The molecule has 2 aromatic carbocycles. The first-order valence-electron chi connectivity index (χ1n) is 10.8. The summed E-state index contributed by atoms with van der Waals surface area (Å²) in [6.07, 6.45) is 0.416. The van der Waals surface area contributed by atoms with Crippen molar-refractivity contribution in [2.24, 2.45) is 5.92 Å². The van der Waals surface area contributed by atoms with E-state index in [9.17, 15) is 23.1 Å². The van der Waals surface area contributed by atoms with Crippen molar-refractivity contribution in [1.82, 2.24) is 4.90 Å². The molecule has 0 radical (unpaired) electrons. The van der Waals surface area contributed by atoms with Gasteiger partial charge in [-0.15, -0.1) is 13.2 Å². The number of alkyl halides is 3. The van der Waals surface area contributed by atoms with Gasteiger partial charge in [0.15, 0.2) is 11.5 Å². The smallest absolute Gasteiger partial charge is 0.487 e. The number of amides is 1. The Morgan fingerprint density at radius 3 is 2.45 bits per heavy atom. The summed E-state index contributed by atoms with van der Waals surface area (Å²) in [5.74, 6) is -0.520. The van der Waals surface area contributed by atoms with Crippen molar-refractivity contribution in [2.75, 3.05) is 12.4 Å². The van der Waals surface area contributed by atoms with Gasteiger partial charge in [-0.2, -0.15) is 0 Å². The third-order valence-electron chi connectivity index (χ3n) is 6.19. The van der Waals surface area contributed by atoms with Crippen LogP contribution >= 0.6 is 11.6 Å². The van der Waals surface area contributed by atoms with Crippen LogP contribution in [0.25, 0.3) is 11.0 Å². The first kappa shape index (κ1) is 23.3. The lowest BCUT2D eigenvalue weighted by molar-refractivity contribution is -0.216. The number of halogens is 4. The van der Waals surface area contributed by atoms with Crippen LogP contribution in [-0.4, -0.2) is 29.3 Å². The summed E-state index contributed by atoms with van der Waals surface area (Å²) in [6.45, 7) is 0. The molecule has 1 aliphatic rings. The quantitative estimate of drug-likeness (QED) is 0.382. The van der Waals surface area contributed by atoms with Gasteiger partial charge < -0.3 is 14.8 Å². The highest BCUT2D eigenvalue weighted by Gasteiger charge is 2.38. The van der Waals surface area contributed by atoms with Gasteiger partial charge in [-0.25, -0.2) is 0 Å². The number of furan rings is 1. The molecule has 4 rings (SSSR count). The summed E-state index contributed by atoms with van der Waals surface area (Å²) < 4.78 is 44.5. The second-order valence-electron chi connectivity index (χ2n) is 8.38. The predicted octanol–water partition coefficient (Wildman–Crippen LogP) is 7.12. The van der Waals surface area contributed by atoms with Gasteiger partial charge in [-0.1, -0.05) is 30.9 Å². The molecule has 0 spiro atoms. The van der Waals surface area contributed by atoms with Crippen molar-refractivity contribution in [3.8, 4) is 5.75 Å². The van der Waals surface area contributed by atoms with Crippen LogP contribution in [0.2, 0.25) is 5.02 Å². The number of hydrogen-bond acceptors (Lipinski definition) is 4. The van der Waals surface area contributed by atoms with Crippen LogP contribution in [-0.2, 0) is 0 Å². The van der Waals surface area contributed by atoms with Crippen LogP contribution in [0, 0.1) is 5.92 Å². The molecule has 33 heavy (non-hydrogen) atoms. The van der Waals surface area contributed by atoms with E-state index < -0.39 is 12.2 Å². The summed E-state index contributed by atoms with van der Waals surface area (Å²) in [6, 6.07) is 10.5. The van der Waals surface area contributed by atoms with Gasteiger partial charge in [0.25, 0.3) is 5.91 Å². The van der Waals surface area contributed by atoms with Gasteiger partial charge in [-0.3, -0.25) is 9.69 Å². The zero-order valence-corrected chi connectivity index (χ0v) is 18.7. The molecule has 1 heterocycles. The Morgan fingerprint density at radius 1 is 1.15 bits per heavy atom. The van der Waals surface area contributed by atoms with Gasteiger partial charge in [-0.05, 0) is 61.2 Å². The molecule has 5 nitrogen and oxygen atoms in total. The largest absolute Gasteiger partial charge is 0.504 e. The molecule has 1 fully saturated rings. The maximum absolute atomic E-state index is 12.8. The van der Waals surface area contributed by atoms with Gasteiger partial charge in [0, 0.05) is 23.3 Å². The monoisotopic (exact) mass is 480 g/mol. The van der Waals surface area contributed by atoms with Crippen molar-refractivity contribution in [3.63, 3.8) is 0 Å². The molecule has 0 aliphatic heterocycles. The highest BCUT2D eigenvalue weighted by Crippen LogP contribution is 2.44. The Kier molecular flexibility index (Phi) is 6.47. The molecule has 1 aliphatic carbocycles. The van der Waals surface area contributed by atoms with E-state index >= 15 is 0 Å². The van der Waals surface area contributed by atoms with E-state index in [1.165, 1.54) is 12.1 Å². The number of carbonyl (C=O) groups is 1. The number of nitrogens with one attached hydrogen (secondary N) is 1.